The first-order valence-corrected chi connectivity index (χ1v) is 11.2. The van der Waals surface area contributed by atoms with Crippen molar-refractivity contribution in [3.8, 4) is 0 Å². The van der Waals surface area contributed by atoms with Gasteiger partial charge in [0.25, 0.3) is 6.79 Å². The van der Waals surface area contributed by atoms with Crippen LogP contribution in [-0.2, 0) is 14.4 Å². The van der Waals surface area contributed by atoms with Crippen LogP contribution in [0.2, 0.25) is 0 Å². The second kappa shape index (κ2) is 13.6. The second-order valence-electron chi connectivity index (χ2n) is 8.61. The lowest BCUT2D eigenvalue weighted by molar-refractivity contribution is -0.710. The average molecular weight is 446 g/mol. The lowest BCUT2D eigenvalue weighted by Crippen LogP contribution is -2.30. The van der Waals surface area contributed by atoms with Gasteiger partial charge in [0, 0.05) is 6.08 Å². The smallest absolute Gasteiger partial charge is 0.333 e. The summed E-state index contributed by atoms with van der Waals surface area (Å²) in [5.41, 5.74) is 5.00. The molecule has 0 bridgehead atoms. The van der Waals surface area contributed by atoms with Gasteiger partial charge in [0.05, 0.1) is 18.1 Å². The molecule has 0 saturated carbocycles. The third kappa shape index (κ3) is 9.54. The number of carbonyl (C=O) groups excluding carboxylic acids is 1. The zero-order valence-electron chi connectivity index (χ0n) is 20.7. The van der Waals surface area contributed by atoms with Gasteiger partial charge in [-0.05, 0) is 70.4 Å². The van der Waals surface area contributed by atoms with Crippen molar-refractivity contribution in [2.75, 3.05) is 19.9 Å². The van der Waals surface area contributed by atoms with Crippen molar-refractivity contribution in [3.63, 3.8) is 0 Å². The Bertz CT molecular complexity index is 813. The van der Waals surface area contributed by atoms with Crippen LogP contribution in [0, 0.1) is 10.6 Å². The molecule has 0 fully saturated rings. The largest absolute Gasteiger partial charge is 0.569 e. The number of hydrazine groups is 1. The van der Waals surface area contributed by atoms with E-state index in [1.807, 2.05) is 32.1 Å². The predicted octanol–water partition coefficient (Wildman–Crippen LogP) is 6.17. The fourth-order valence-corrected chi connectivity index (χ4v) is 3.58. The second-order valence-corrected chi connectivity index (χ2v) is 8.61. The van der Waals surface area contributed by atoms with Gasteiger partial charge in [0.1, 0.15) is 0 Å². The van der Waals surface area contributed by atoms with Gasteiger partial charge in [0.15, 0.2) is 0 Å². The molecule has 32 heavy (non-hydrogen) atoms. The minimum absolute atomic E-state index is 0.225. The fourth-order valence-electron chi connectivity index (χ4n) is 3.58. The molecule has 0 aromatic carbocycles. The van der Waals surface area contributed by atoms with E-state index < -0.39 is 12.8 Å². The van der Waals surface area contributed by atoms with E-state index in [0.29, 0.717) is 18.1 Å². The Morgan fingerprint density at radius 2 is 1.91 bits per heavy atom. The molecule has 0 aromatic rings. The highest BCUT2D eigenvalue weighted by molar-refractivity contribution is 5.83. The van der Waals surface area contributed by atoms with E-state index in [1.54, 1.807) is 6.92 Å². The van der Waals surface area contributed by atoms with Gasteiger partial charge < -0.3 is 14.8 Å². The molecule has 1 aliphatic rings. The first kappa shape index (κ1) is 27.2. The van der Waals surface area contributed by atoms with Gasteiger partial charge in [-0.1, -0.05) is 55.4 Å². The van der Waals surface area contributed by atoms with Crippen molar-refractivity contribution in [3.05, 3.63) is 64.0 Å². The summed E-state index contributed by atoms with van der Waals surface area (Å²) in [6, 6.07) is 0. The molecule has 0 amide bonds. The molecule has 1 aliphatic carbocycles. The molecule has 178 valence electrons. The molecule has 0 N–H and O–H groups in total. The first-order chi connectivity index (χ1) is 15.1. The summed E-state index contributed by atoms with van der Waals surface area (Å²) in [4.78, 5) is 16.9. The van der Waals surface area contributed by atoms with Gasteiger partial charge >= 0.3 is 5.97 Å². The molecule has 1 rings (SSSR count). The summed E-state index contributed by atoms with van der Waals surface area (Å²) in [5, 5.41) is 16.3. The number of hydrogen-bond acceptors (Lipinski definition) is 5. The Morgan fingerprint density at radius 1 is 1.22 bits per heavy atom. The molecule has 0 unspecified atom stereocenters. The number of carbonyl (C=O) groups is 1. The summed E-state index contributed by atoms with van der Waals surface area (Å²) < 4.78 is 4.89. The Kier molecular flexibility index (Phi) is 11.5. The van der Waals surface area contributed by atoms with Crippen molar-refractivity contribution in [2.24, 2.45) is 10.7 Å². The molecular weight excluding hydrogens is 406 g/mol. The molecule has 0 saturated heterocycles. The van der Waals surface area contributed by atoms with E-state index in [9.17, 15) is 10.0 Å². The minimum Gasteiger partial charge on any atom is -0.569 e. The molecule has 0 heterocycles. The van der Waals surface area contributed by atoms with Crippen molar-refractivity contribution < 1.29 is 19.3 Å². The number of allylic oxidation sites excluding steroid dienone is 9. The van der Waals surface area contributed by atoms with Crippen molar-refractivity contribution in [2.45, 2.75) is 67.7 Å². The lowest BCUT2D eigenvalue weighted by Gasteiger charge is -2.32. The van der Waals surface area contributed by atoms with E-state index in [1.165, 1.54) is 41.5 Å². The van der Waals surface area contributed by atoms with Crippen LogP contribution in [0.1, 0.15) is 67.7 Å². The van der Waals surface area contributed by atoms with Crippen molar-refractivity contribution >= 4 is 5.97 Å². The minimum atomic E-state index is -0.565. The molecule has 0 radical (unpaired) electrons. The third-order valence-corrected chi connectivity index (χ3v) is 5.47. The standard InChI is InChI=1S/C25H39N3O4/c1-8-27(9-2)28(30)26-32-19-31-24(29)18-21(4)13-10-12-20(3)15-16-23-22(5)14-11-17-25(23,6)7/h10,12-13,15-16,18H,8-9,11,14,17,19H2,1-7H3/b13-10+,16-15+,20-12+,21-18+,28-26+. The number of rotatable bonds is 11. The summed E-state index contributed by atoms with van der Waals surface area (Å²) in [5.74, 6) is -0.565. The molecule has 0 aliphatic heterocycles. The lowest BCUT2D eigenvalue weighted by atomic mass is 9.72. The van der Waals surface area contributed by atoms with Crippen LogP contribution in [-0.4, -0.2) is 35.8 Å². The van der Waals surface area contributed by atoms with Gasteiger partial charge in [-0.2, -0.15) is 0 Å². The van der Waals surface area contributed by atoms with Crippen LogP contribution in [0.3, 0.4) is 0 Å². The van der Waals surface area contributed by atoms with Crippen LogP contribution < -0.4 is 0 Å². The van der Waals surface area contributed by atoms with E-state index in [-0.39, 0.29) is 5.41 Å². The number of ether oxygens (including phenoxy) is 1. The monoisotopic (exact) mass is 445 g/mol. The summed E-state index contributed by atoms with van der Waals surface area (Å²) in [6.45, 7) is 14.9. The molecule has 0 spiro atoms. The van der Waals surface area contributed by atoms with Crippen LogP contribution in [0.25, 0.3) is 0 Å². The average Bonchev–Trinajstić information content (AvgIpc) is 2.71. The zero-order chi connectivity index (χ0) is 24.1. The van der Waals surface area contributed by atoms with Gasteiger partial charge in [-0.25, -0.2) is 4.79 Å². The maximum atomic E-state index is 11.8. The predicted molar refractivity (Wildman–Crippen MR) is 127 cm³/mol. The Balaban J connectivity index is 2.55. The van der Waals surface area contributed by atoms with Gasteiger partial charge in [0.2, 0.25) is 5.28 Å². The molecule has 7 nitrogen and oxygen atoms in total. The summed E-state index contributed by atoms with van der Waals surface area (Å²) in [6.07, 6.45) is 15.1. The van der Waals surface area contributed by atoms with E-state index in [0.717, 1.165) is 11.1 Å². The first-order valence-electron chi connectivity index (χ1n) is 11.2. The maximum absolute atomic E-state index is 11.8. The van der Waals surface area contributed by atoms with E-state index in [2.05, 4.69) is 45.1 Å². The molecule has 0 atom stereocenters. The topological polar surface area (TPSA) is 77.2 Å². The number of esters is 1. The number of hydrogen-bond donors (Lipinski definition) is 0. The third-order valence-electron chi connectivity index (χ3n) is 5.47. The summed E-state index contributed by atoms with van der Waals surface area (Å²) in [7, 11) is 0. The van der Waals surface area contributed by atoms with Crippen LogP contribution in [0.5, 0.6) is 0 Å². The van der Waals surface area contributed by atoms with Crippen LogP contribution >= 0.6 is 0 Å². The highest BCUT2D eigenvalue weighted by Gasteiger charge is 2.26. The number of nitrogens with zero attached hydrogens (tertiary/aromatic N) is 3. The molecule has 7 heteroatoms. The fraction of sp³-hybridized carbons (Fsp3) is 0.560. The van der Waals surface area contributed by atoms with E-state index >= 15 is 0 Å². The quantitative estimate of drug-likeness (QED) is 0.0555. The Labute approximate surface area is 193 Å². The van der Waals surface area contributed by atoms with Crippen LogP contribution in [0.4, 0.5) is 0 Å². The Hall–Kier alpha value is -2.83. The summed E-state index contributed by atoms with van der Waals surface area (Å²) >= 11 is 0. The zero-order valence-corrected chi connectivity index (χ0v) is 20.7. The van der Waals surface area contributed by atoms with Crippen molar-refractivity contribution in [1.29, 1.82) is 0 Å². The molecular formula is C25H39N3O4. The maximum Gasteiger partial charge on any atom is 0.333 e. The normalized spacial score (nSPS) is 17.9. The van der Waals surface area contributed by atoms with Crippen molar-refractivity contribution in [1.82, 2.24) is 5.01 Å². The molecule has 0 aromatic heterocycles. The highest BCUT2D eigenvalue weighted by Crippen LogP contribution is 2.40. The Morgan fingerprint density at radius 3 is 2.53 bits per heavy atom. The highest BCUT2D eigenvalue weighted by atomic mass is 16.8. The SMILES string of the molecule is CCN(CC)/[N+]([O-])=N\OCOC(=O)/C=C(C)/C=C/C=C(C)/C=C/C1=C(C)CCCC1(C)C. The van der Waals surface area contributed by atoms with Gasteiger partial charge in [-0.15, -0.1) is 5.01 Å². The van der Waals surface area contributed by atoms with Gasteiger partial charge in [-0.3, -0.25) is 0 Å². The van der Waals surface area contributed by atoms with E-state index in [4.69, 9.17) is 9.57 Å². The van der Waals surface area contributed by atoms with Crippen LogP contribution in [0.15, 0.2) is 64.0 Å².